The summed E-state index contributed by atoms with van der Waals surface area (Å²) >= 11 is 0. The third kappa shape index (κ3) is 1.51. The smallest absolute Gasteiger partial charge is 0.0936 e. The molecule has 0 atom stereocenters. The van der Waals surface area contributed by atoms with Crippen LogP contribution in [0.2, 0.25) is 0 Å². The standard InChI is InChI=1S/C7H13N3/c1-2-9-5-6-10(7-9)4-3-8/h2,5-6H,1,3-4,7-8H2. The molecule has 2 N–H and O–H groups in total. The van der Waals surface area contributed by atoms with Crippen LogP contribution in [0.25, 0.3) is 0 Å². The first-order chi connectivity index (χ1) is 4.86. The van der Waals surface area contributed by atoms with E-state index in [2.05, 4.69) is 11.5 Å². The Morgan fingerprint density at radius 2 is 2.40 bits per heavy atom. The Morgan fingerprint density at radius 1 is 1.60 bits per heavy atom. The van der Waals surface area contributed by atoms with Crippen LogP contribution in [0.1, 0.15) is 0 Å². The van der Waals surface area contributed by atoms with Crippen molar-refractivity contribution >= 4 is 0 Å². The van der Waals surface area contributed by atoms with Crippen molar-refractivity contribution in [2.45, 2.75) is 0 Å². The molecular formula is C7H13N3. The molecule has 0 unspecified atom stereocenters. The van der Waals surface area contributed by atoms with Gasteiger partial charge in [0.05, 0.1) is 6.67 Å². The fourth-order valence-electron chi connectivity index (χ4n) is 0.914. The van der Waals surface area contributed by atoms with E-state index in [-0.39, 0.29) is 0 Å². The van der Waals surface area contributed by atoms with Crippen LogP contribution in [0.15, 0.2) is 25.2 Å². The van der Waals surface area contributed by atoms with Crippen LogP contribution in [-0.2, 0) is 0 Å². The monoisotopic (exact) mass is 139 g/mol. The molecule has 1 aliphatic heterocycles. The molecular weight excluding hydrogens is 126 g/mol. The Kier molecular flexibility index (Phi) is 2.34. The van der Waals surface area contributed by atoms with E-state index in [1.165, 1.54) is 0 Å². The van der Waals surface area contributed by atoms with Gasteiger partial charge >= 0.3 is 0 Å². The summed E-state index contributed by atoms with van der Waals surface area (Å²) in [6, 6.07) is 0. The van der Waals surface area contributed by atoms with E-state index in [4.69, 9.17) is 5.73 Å². The van der Waals surface area contributed by atoms with Gasteiger partial charge in [-0.1, -0.05) is 6.58 Å². The second-order valence-electron chi connectivity index (χ2n) is 2.24. The van der Waals surface area contributed by atoms with E-state index in [0.29, 0.717) is 6.54 Å². The van der Waals surface area contributed by atoms with Gasteiger partial charge in [-0.05, 0) is 6.20 Å². The van der Waals surface area contributed by atoms with Crippen molar-refractivity contribution in [1.29, 1.82) is 0 Å². The van der Waals surface area contributed by atoms with E-state index in [1.807, 2.05) is 17.3 Å². The molecule has 56 valence electrons. The predicted molar refractivity (Wildman–Crippen MR) is 41.8 cm³/mol. The summed E-state index contributed by atoms with van der Waals surface area (Å²) in [5.74, 6) is 0. The van der Waals surface area contributed by atoms with Gasteiger partial charge in [0.15, 0.2) is 0 Å². The molecule has 0 aromatic heterocycles. The maximum absolute atomic E-state index is 5.38. The van der Waals surface area contributed by atoms with Crippen LogP contribution < -0.4 is 5.73 Å². The largest absolute Gasteiger partial charge is 0.357 e. The number of hydrogen-bond acceptors (Lipinski definition) is 3. The molecule has 0 spiro atoms. The van der Waals surface area contributed by atoms with Crippen molar-refractivity contribution in [3.8, 4) is 0 Å². The minimum absolute atomic E-state index is 0.704. The van der Waals surface area contributed by atoms with Gasteiger partial charge in [0.1, 0.15) is 0 Å². The fraction of sp³-hybridized carbons (Fsp3) is 0.429. The van der Waals surface area contributed by atoms with Crippen molar-refractivity contribution in [3.05, 3.63) is 25.2 Å². The zero-order valence-corrected chi connectivity index (χ0v) is 6.03. The average Bonchev–Trinajstić information content (AvgIpc) is 2.37. The summed E-state index contributed by atoms with van der Waals surface area (Å²) < 4.78 is 0. The molecule has 1 rings (SSSR count). The van der Waals surface area contributed by atoms with Gasteiger partial charge in [-0.25, -0.2) is 0 Å². The molecule has 1 heterocycles. The average molecular weight is 139 g/mol. The second-order valence-corrected chi connectivity index (χ2v) is 2.24. The zero-order valence-electron chi connectivity index (χ0n) is 6.03. The highest BCUT2D eigenvalue weighted by atomic mass is 15.3. The van der Waals surface area contributed by atoms with E-state index in [0.717, 1.165) is 13.2 Å². The van der Waals surface area contributed by atoms with E-state index < -0.39 is 0 Å². The highest BCUT2D eigenvalue weighted by molar-refractivity contribution is 4.94. The first kappa shape index (κ1) is 7.15. The molecule has 0 fully saturated rings. The summed E-state index contributed by atoms with van der Waals surface area (Å²) in [4.78, 5) is 4.15. The second kappa shape index (κ2) is 3.27. The lowest BCUT2D eigenvalue weighted by atomic mass is 10.6. The lowest BCUT2D eigenvalue weighted by Crippen LogP contribution is -2.26. The van der Waals surface area contributed by atoms with Crippen LogP contribution >= 0.6 is 0 Å². The Morgan fingerprint density at radius 3 is 2.90 bits per heavy atom. The van der Waals surface area contributed by atoms with Crippen molar-refractivity contribution in [2.75, 3.05) is 19.8 Å². The maximum Gasteiger partial charge on any atom is 0.0936 e. The number of rotatable bonds is 3. The summed E-state index contributed by atoms with van der Waals surface area (Å²) in [5, 5.41) is 0. The van der Waals surface area contributed by atoms with E-state index in [1.54, 1.807) is 6.20 Å². The van der Waals surface area contributed by atoms with E-state index in [9.17, 15) is 0 Å². The maximum atomic E-state index is 5.38. The lowest BCUT2D eigenvalue weighted by molar-refractivity contribution is 0.321. The molecule has 0 aromatic carbocycles. The van der Waals surface area contributed by atoms with Gasteiger partial charge in [0, 0.05) is 25.5 Å². The van der Waals surface area contributed by atoms with Gasteiger partial charge in [-0.3, -0.25) is 0 Å². The molecule has 3 nitrogen and oxygen atoms in total. The summed E-state index contributed by atoms with van der Waals surface area (Å²) in [6.45, 7) is 6.16. The zero-order chi connectivity index (χ0) is 7.40. The molecule has 0 saturated heterocycles. The van der Waals surface area contributed by atoms with Crippen LogP contribution in [-0.4, -0.2) is 29.6 Å². The summed E-state index contributed by atoms with van der Waals surface area (Å²) in [7, 11) is 0. The van der Waals surface area contributed by atoms with Gasteiger partial charge in [0.25, 0.3) is 0 Å². The van der Waals surface area contributed by atoms with Crippen molar-refractivity contribution < 1.29 is 0 Å². The number of hydrogen-bond donors (Lipinski definition) is 1. The Labute approximate surface area is 61.4 Å². The Balaban J connectivity index is 2.30. The lowest BCUT2D eigenvalue weighted by Gasteiger charge is -2.16. The normalized spacial score (nSPS) is 16.5. The fourth-order valence-corrected chi connectivity index (χ4v) is 0.914. The van der Waals surface area contributed by atoms with Crippen molar-refractivity contribution in [1.82, 2.24) is 9.80 Å². The van der Waals surface area contributed by atoms with E-state index >= 15 is 0 Å². The summed E-state index contributed by atoms with van der Waals surface area (Å²) in [6.07, 6.45) is 5.81. The first-order valence-corrected chi connectivity index (χ1v) is 3.37. The van der Waals surface area contributed by atoms with Gasteiger partial charge in [0.2, 0.25) is 0 Å². The molecule has 3 heteroatoms. The molecule has 10 heavy (non-hydrogen) atoms. The topological polar surface area (TPSA) is 32.5 Å². The SMILES string of the molecule is C=CN1C=CN(CCN)C1. The molecule has 1 aliphatic rings. The number of nitrogens with zero attached hydrogens (tertiary/aromatic N) is 2. The minimum atomic E-state index is 0.704. The van der Waals surface area contributed by atoms with Crippen molar-refractivity contribution in [3.63, 3.8) is 0 Å². The molecule has 0 aromatic rings. The third-order valence-corrected chi connectivity index (χ3v) is 1.46. The molecule has 0 amide bonds. The highest BCUT2D eigenvalue weighted by Crippen LogP contribution is 2.04. The van der Waals surface area contributed by atoms with Gasteiger partial charge < -0.3 is 15.5 Å². The highest BCUT2D eigenvalue weighted by Gasteiger charge is 2.06. The molecule has 0 saturated carbocycles. The van der Waals surface area contributed by atoms with Crippen LogP contribution in [0, 0.1) is 0 Å². The Hall–Kier alpha value is -0.960. The van der Waals surface area contributed by atoms with Crippen molar-refractivity contribution in [2.24, 2.45) is 5.73 Å². The molecule has 0 radical (unpaired) electrons. The quantitative estimate of drug-likeness (QED) is 0.603. The summed E-state index contributed by atoms with van der Waals surface area (Å²) in [5.41, 5.74) is 5.38. The molecule has 0 aliphatic carbocycles. The minimum Gasteiger partial charge on any atom is -0.357 e. The third-order valence-electron chi connectivity index (χ3n) is 1.46. The van der Waals surface area contributed by atoms with Crippen LogP contribution in [0.4, 0.5) is 0 Å². The number of nitrogens with two attached hydrogens (primary N) is 1. The predicted octanol–water partition coefficient (Wildman–Crippen LogP) is 0.135. The van der Waals surface area contributed by atoms with Crippen LogP contribution in [0.3, 0.4) is 0 Å². The van der Waals surface area contributed by atoms with Gasteiger partial charge in [-0.2, -0.15) is 0 Å². The van der Waals surface area contributed by atoms with Crippen LogP contribution in [0.5, 0.6) is 0 Å². The Bertz CT molecular complexity index is 142. The first-order valence-electron chi connectivity index (χ1n) is 3.37. The van der Waals surface area contributed by atoms with Gasteiger partial charge in [-0.15, -0.1) is 0 Å². The molecule has 0 bridgehead atoms.